The topological polar surface area (TPSA) is 158 Å². The highest BCUT2D eigenvalue weighted by Gasteiger charge is 2.49. The van der Waals surface area contributed by atoms with E-state index in [0.29, 0.717) is 5.06 Å². The molecule has 2 saturated heterocycles. The van der Waals surface area contributed by atoms with Crippen molar-refractivity contribution in [2.45, 2.75) is 24.9 Å². The number of hydroxylamine groups is 2. The van der Waals surface area contributed by atoms with E-state index in [1.54, 1.807) is 0 Å². The Morgan fingerprint density at radius 2 is 1.92 bits per heavy atom. The van der Waals surface area contributed by atoms with Gasteiger partial charge in [-0.15, -0.1) is 4.28 Å². The van der Waals surface area contributed by atoms with E-state index < -0.39 is 40.3 Å². The molecule has 26 heavy (non-hydrogen) atoms. The molecule has 0 unspecified atom stereocenters. The maximum Gasteiger partial charge on any atom is 0.418 e. The molecule has 2 aliphatic heterocycles. The summed E-state index contributed by atoms with van der Waals surface area (Å²) in [7, 11) is -4.85. The van der Waals surface area contributed by atoms with E-state index >= 15 is 0 Å². The van der Waals surface area contributed by atoms with Gasteiger partial charge in [0, 0.05) is 24.5 Å². The zero-order chi connectivity index (χ0) is 18.9. The Hall–Kier alpha value is -2.77. The normalized spacial score (nSPS) is 22.3. The van der Waals surface area contributed by atoms with E-state index in [4.69, 9.17) is 4.55 Å². The van der Waals surface area contributed by atoms with E-state index in [1.807, 2.05) is 0 Å². The van der Waals surface area contributed by atoms with Crippen molar-refractivity contribution >= 4 is 28.2 Å². The fourth-order valence-electron chi connectivity index (χ4n) is 2.88. The minimum Gasteiger partial charge on any atom is -0.309 e. The van der Waals surface area contributed by atoms with E-state index in [9.17, 15) is 22.8 Å². The van der Waals surface area contributed by atoms with E-state index in [-0.39, 0.29) is 24.9 Å². The van der Waals surface area contributed by atoms with Crippen LogP contribution in [0.2, 0.25) is 0 Å². The number of hydrogen-bond acceptors (Lipinski definition) is 7. The van der Waals surface area contributed by atoms with Crippen molar-refractivity contribution < 1.29 is 31.6 Å². The maximum atomic E-state index is 12.3. The summed E-state index contributed by atoms with van der Waals surface area (Å²) in [5.41, 5.74) is 4.76. The van der Waals surface area contributed by atoms with Gasteiger partial charge in [0.2, 0.25) is 0 Å². The van der Waals surface area contributed by atoms with Crippen LogP contribution in [0.25, 0.3) is 0 Å². The molecule has 0 aliphatic carbocycles. The van der Waals surface area contributed by atoms with E-state index in [1.165, 1.54) is 24.5 Å². The molecule has 0 radical (unpaired) electrons. The second-order valence-electron chi connectivity index (χ2n) is 5.69. The number of pyridine rings is 1. The molecule has 2 fully saturated rings. The number of urea groups is 1. The molecular formula is C13H15N5O7S. The van der Waals surface area contributed by atoms with Gasteiger partial charge >= 0.3 is 16.4 Å². The standard InChI is InChI=1S/C13H15N5O7S/c19-11(8-3-5-14-6-4-8)15-16-12(20)10-2-1-9-7-17(10)13(21)18(9)25-26(22,23)24/h3-6,9-10H,1-2,7H2,(H,15,19)(H,16,20)(H,22,23,24)/t9-,10+/m1/s1. The summed E-state index contributed by atoms with van der Waals surface area (Å²) < 4.78 is 34.7. The second-order valence-corrected chi connectivity index (χ2v) is 6.69. The first kappa shape index (κ1) is 18.0. The molecule has 0 aromatic carbocycles. The molecule has 4 amide bonds. The molecule has 3 N–H and O–H groups in total. The number of amides is 4. The maximum absolute atomic E-state index is 12.3. The molecule has 3 heterocycles. The number of hydrogen-bond donors (Lipinski definition) is 3. The van der Waals surface area contributed by atoms with Crippen LogP contribution < -0.4 is 10.9 Å². The van der Waals surface area contributed by atoms with Crippen LogP contribution in [0.15, 0.2) is 24.5 Å². The lowest BCUT2D eigenvalue weighted by Gasteiger charge is -2.29. The van der Waals surface area contributed by atoms with E-state index in [0.717, 1.165) is 4.90 Å². The Kier molecular flexibility index (Phi) is 4.76. The third-order valence-corrected chi connectivity index (χ3v) is 4.39. The van der Waals surface area contributed by atoms with Crippen molar-refractivity contribution in [2.24, 2.45) is 0 Å². The Bertz CT molecular complexity index is 831. The Morgan fingerprint density at radius 1 is 1.23 bits per heavy atom. The number of carbonyl (C=O) groups excluding carboxylic acids is 3. The van der Waals surface area contributed by atoms with Crippen LogP contribution in [0.4, 0.5) is 4.79 Å². The van der Waals surface area contributed by atoms with Crippen molar-refractivity contribution in [3.05, 3.63) is 30.1 Å². The van der Waals surface area contributed by atoms with Crippen molar-refractivity contribution in [2.75, 3.05) is 6.54 Å². The van der Waals surface area contributed by atoms with Crippen molar-refractivity contribution in [1.29, 1.82) is 0 Å². The summed E-state index contributed by atoms with van der Waals surface area (Å²) in [5.74, 6) is -1.19. The first-order valence-corrected chi connectivity index (χ1v) is 8.90. The highest BCUT2D eigenvalue weighted by atomic mass is 32.3. The molecule has 2 atom stereocenters. The Balaban J connectivity index is 1.61. The first-order chi connectivity index (χ1) is 12.3. The molecule has 3 rings (SSSR count). The van der Waals surface area contributed by atoms with Crippen molar-refractivity contribution in [1.82, 2.24) is 25.8 Å². The molecule has 0 spiro atoms. The summed E-state index contributed by atoms with van der Waals surface area (Å²) in [6.07, 6.45) is 3.36. The zero-order valence-electron chi connectivity index (χ0n) is 13.2. The number of nitrogens with zero attached hydrogens (tertiary/aromatic N) is 3. The molecule has 13 heteroatoms. The summed E-state index contributed by atoms with van der Waals surface area (Å²) in [6, 6.07) is 0.555. The van der Waals surface area contributed by atoms with Crippen LogP contribution in [0, 0.1) is 0 Å². The highest BCUT2D eigenvalue weighted by molar-refractivity contribution is 7.80. The number of nitrogens with one attached hydrogen (secondary N) is 2. The Labute approximate surface area is 148 Å². The zero-order valence-corrected chi connectivity index (χ0v) is 14.0. The number of rotatable bonds is 4. The van der Waals surface area contributed by atoms with Gasteiger partial charge < -0.3 is 4.90 Å². The fourth-order valence-corrected chi connectivity index (χ4v) is 3.27. The average molecular weight is 385 g/mol. The third kappa shape index (κ3) is 3.74. The van der Waals surface area contributed by atoms with Crippen LogP contribution in [0.3, 0.4) is 0 Å². The van der Waals surface area contributed by atoms with Gasteiger partial charge in [0.25, 0.3) is 11.8 Å². The second kappa shape index (κ2) is 6.86. The molecule has 12 nitrogen and oxygen atoms in total. The smallest absolute Gasteiger partial charge is 0.309 e. The van der Waals surface area contributed by atoms with Gasteiger partial charge in [-0.3, -0.25) is 30.0 Å². The van der Waals surface area contributed by atoms with Crippen LogP contribution in [-0.2, 0) is 19.5 Å². The van der Waals surface area contributed by atoms with Crippen LogP contribution in [-0.4, -0.2) is 64.4 Å². The number of hydrazine groups is 1. The summed E-state index contributed by atoms with van der Waals surface area (Å²) in [4.78, 5) is 41.3. The number of aromatic nitrogens is 1. The quantitative estimate of drug-likeness (QED) is 0.433. The molecule has 1 aromatic heterocycles. The van der Waals surface area contributed by atoms with Crippen molar-refractivity contribution in [3.63, 3.8) is 0 Å². The summed E-state index contributed by atoms with van der Waals surface area (Å²) in [5, 5.41) is 0.540. The van der Waals surface area contributed by atoms with Gasteiger partial charge in [0.15, 0.2) is 0 Å². The average Bonchev–Trinajstić information content (AvgIpc) is 2.84. The van der Waals surface area contributed by atoms with E-state index in [2.05, 4.69) is 20.1 Å². The van der Waals surface area contributed by atoms with Gasteiger partial charge in [-0.1, -0.05) is 0 Å². The number of carbonyl (C=O) groups is 3. The van der Waals surface area contributed by atoms with Gasteiger partial charge in [0.1, 0.15) is 6.04 Å². The highest BCUT2D eigenvalue weighted by Crippen LogP contribution is 2.30. The molecule has 2 aliphatic rings. The molecule has 140 valence electrons. The van der Waals surface area contributed by atoms with Gasteiger partial charge in [0.05, 0.1) is 6.04 Å². The van der Waals surface area contributed by atoms with Crippen LogP contribution >= 0.6 is 0 Å². The third-order valence-electron chi connectivity index (χ3n) is 4.04. The van der Waals surface area contributed by atoms with Crippen LogP contribution in [0.5, 0.6) is 0 Å². The van der Waals surface area contributed by atoms with Crippen LogP contribution in [0.1, 0.15) is 23.2 Å². The molecule has 1 aromatic rings. The minimum absolute atomic E-state index is 0.0603. The monoisotopic (exact) mass is 385 g/mol. The fraction of sp³-hybridized carbons (Fsp3) is 0.385. The molecular weight excluding hydrogens is 370 g/mol. The summed E-state index contributed by atoms with van der Waals surface area (Å²) in [6.45, 7) is 0.0603. The predicted octanol–water partition coefficient (Wildman–Crippen LogP) is -1.15. The summed E-state index contributed by atoms with van der Waals surface area (Å²) >= 11 is 0. The minimum atomic E-state index is -4.85. The van der Waals surface area contributed by atoms with Gasteiger partial charge in [-0.05, 0) is 25.0 Å². The number of fused-ring (bicyclic) bond motifs is 2. The first-order valence-electron chi connectivity index (χ1n) is 7.53. The largest absolute Gasteiger partial charge is 0.418 e. The molecule has 2 bridgehead atoms. The SMILES string of the molecule is O=C(NNC(=O)[C@@H]1CC[C@@H]2CN1C(=O)N2OS(=O)(=O)O)c1ccncc1. The van der Waals surface area contributed by atoms with Crippen molar-refractivity contribution in [3.8, 4) is 0 Å². The number of piperidine rings is 1. The van der Waals surface area contributed by atoms with Gasteiger partial charge in [-0.2, -0.15) is 13.5 Å². The predicted molar refractivity (Wildman–Crippen MR) is 83.2 cm³/mol. The lowest BCUT2D eigenvalue weighted by Crippen LogP contribution is -2.54. The lowest BCUT2D eigenvalue weighted by atomic mass is 10.0. The Morgan fingerprint density at radius 3 is 2.58 bits per heavy atom. The lowest BCUT2D eigenvalue weighted by molar-refractivity contribution is -0.126. The molecule has 0 saturated carbocycles. The van der Waals surface area contributed by atoms with Gasteiger partial charge in [-0.25, -0.2) is 4.79 Å².